The molecule has 0 spiro atoms. The SMILES string of the molecule is Cc1ccc(C(C)C)c(OCc2ccc(C(=O)NNC(=O)c3cc(S(=O)(=O)N4CCc5ccccc5C4)ccc3Cl)cc2)c1. The molecule has 4 aromatic carbocycles. The van der Waals surface area contributed by atoms with Gasteiger partial charge in [-0.05, 0) is 83.5 Å². The fourth-order valence-corrected chi connectivity index (χ4v) is 6.72. The van der Waals surface area contributed by atoms with Crippen molar-refractivity contribution in [3.63, 3.8) is 0 Å². The zero-order valence-corrected chi connectivity index (χ0v) is 26.3. The van der Waals surface area contributed by atoms with E-state index in [4.69, 9.17) is 16.3 Å². The average molecular weight is 632 g/mol. The molecule has 228 valence electrons. The summed E-state index contributed by atoms with van der Waals surface area (Å²) in [6, 6.07) is 24.7. The van der Waals surface area contributed by atoms with Gasteiger partial charge in [0.25, 0.3) is 11.8 Å². The number of amides is 2. The molecule has 0 saturated heterocycles. The van der Waals surface area contributed by atoms with Crippen molar-refractivity contribution in [2.24, 2.45) is 0 Å². The lowest BCUT2D eigenvalue weighted by Gasteiger charge is -2.28. The molecule has 0 bridgehead atoms. The smallest absolute Gasteiger partial charge is 0.271 e. The van der Waals surface area contributed by atoms with Crippen molar-refractivity contribution in [1.29, 1.82) is 0 Å². The van der Waals surface area contributed by atoms with Crippen molar-refractivity contribution in [1.82, 2.24) is 15.2 Å². The molecule has 0 aromatic heterocycles. The topological polar surface area (TPSA) is 105 Å². The third-order valence-corrected chi connectivity index (χ3v) is 9.78. The number of ether oxygens (including phenoxy) is 1. The van der Waals surface area contributed by atoms with E-state index < -0.39 is 21.8 Å². The standard InChI is InChI=1S/C34H34ClN3O5S/c1-22(2)29-14-8-23(3)18-32(29)43-21-24-9-11-26(12-10-24)33(39)36-37-34(40)30-19-28(13-15-31(30)35)44(41,42)38-17-16-25-6-4-5-7-27(25)20-38/h4-15,18-19,22H,16-17,20-21H2,1-3H3,(H,36,39)(H,37,40). The van der Waals surface area contributed by atoms with E-state index in [1.54, 1.807) is 24.3 Å². The highest BCUT2D eigenvalue weighted by atomic mass is 35.5. The van der Waals surface area contributed by atoms with Crippen LogP contribution in [0.25, 0.3) is 0 Å². The van der Waals surface area contributed by atoms with Crippen LogP contribution in [0.2, 0.25) is 5.02 Å². The second kappa shape index (κ2) is 13.2. The Morgan fingerprint density at radius 3 is 2.34 bits per heavy atom. The number of hydrazine groups is 1. The molecule has 0 aliphatic carbocycles. The molecule has 2 amide bonds. The van der Waals surface area contributed by atoms with Crippen molar-refractivity contribution in [2.45, 2.75) is 51.2 Å². The molecule has 1 heterocycles. The lowest BCUT2D eigenvalue weighted by atomic mass is 10.0. The number of nitrogens with one attached hydrogen (secondary N) is 2. The molecule has 5 rings (SSSR count). The van der Waals surface area contributed by atoms with Gasteiger partial charge >= 0.3 is 0 Å². The molecular weight excluding hydrogens is 598 g/mol. The van der Waals surface area contributed by atoms with Gasteiger partial charge in [-0.25, -0.2) is 8.42 Å². The largest absolute Gasteiger partial charge is 0.489 e. The van der Waals surface area contributed by atoms with E-state index in [-0.39, 0.29) is 22.0 Å². The summed E-state index contributed by atoms with van der Waals surface area (Å²) in [5.74, 6) is -0.130. The third kappa shape index (κ3) is 6.96. The molecule has 1 aliphatic heterocycles. The van der Waals surface area contributed by atoms with E-state index >= 15 is 0 Å². The predicted molar refractivity (Wildman–Crippen MR) is 170 cm³/mol. The summed E-state index contributed by atoms with van der Waals surface area (Å²) < 4.78 is 34.3. The lowest BCUT2D eigenvalue weighted by molar-refractivity contribution is 0.0846. The monoisotopic (exact) mass is 631 g/mol. The van der Waals surface area contributed by atoms with E-state index in [1.807, 2.05) is 37.3 Å². The summed E-state index contributed by atoms with van der Waals surface area (Å²) in [6.45, 7) is 7.16. The number of fused-ring (bicyclic) bond motifs is 1. The number of rotatable bonds is 8. The van der Waals surface area contributed by atoms with Gasteiger partial charge in [-0.1, -0.05) is 74.0 Å². The number of benzene rings is 4. The van der Waals surface area contributed by atoms with Gasteiger partial charge < -0.3 is 4.74 Å². The Kier molecular flexibility index (Phi) is 9.39. The Bertz CT molecular complexity index is 1810. The molecule has 8 nitrogen and oxygen atoms in total. The van der Waals surface area contributed by atoms with Crippen LogP contribution in [0.3, 0.4) is 0 Å². The van der Waals surface area contributed by atoms with E-state index in [9.17, 15) is 18.0 Å². The number of aryl methyl sites for hydroxylation is 1. The Balaban J connectivity index is 1.20. The minimum absolute atomic E-state index is 0.0539. The quantitative estimate of drug-likeness (QED) is 0.226. The van der Waals surface area contributed by atoms with Crippen LogP contribution in [0, 0.1) is 6.92 Å². The Labute approximate surface area is 263 Å². The number of carbonyl (C=O) groups is 2. The van der Waals surface area contributed by atoms with Crippen molar-refractivity contribution in [2.75, 3.05) is 6.54 Å². The summed E-state index contributed by atoms with van der Waals surface area (Å²) in [5.41, 5.74) is 10.1. The maximum atomic E-state index is 13.4. The van der Waals surface area contributed by atoms with Crippen LogP contribution >= 0.6 is 11.6 Å². The van der Waals surface area contributed by atoms with Crippen LogP contribution < -0.4 is 15.6 Å². The first-order valence-corrected chi connectivity index (χ1v) is 16.1. The van der Waals surface area contributed by atoms with E-state index in [1.165, 1.54) is 22.5 Å². The van der Waals surface area contributed by atoms with Gasteiger partial charge in [0.2, 0.25) is 10.0 Å². The third-order valence-electron chi connectivity index (χ3n) is 7.61. The normalized spacial score (nSPS) is 13.3. The van der Waals surface area contributed by atoms with Crippen LogP contribution in [0.5, 0.6) is 5.75 Å². The van der Waals surface area contributed by atoms with Crippen molar-refractivity contribution in [3.05, 3.63) is 129 Å². The fraction of sp³-hybridized carbons (Fsp3) is 0.235. The van der Waals surface area contributed by atoms with Crippen LogP contribution in [0.1, 0.15) is 68.3 Å². The summed E-state index contributed by atoms with van der Waals surface area (Å²) >= 11 is 6.26. The summed E-state index contributed by atoms with van der Waals surface area (Å²) in [7, 11) is -3.89. The van der Waals surface area contributed by atoms with Crippen molar-refractivity contribution >= 4 is 33.4 Å². The minimum Gasteiger partial charge on any atom is -0.489 e. The molecule has 1 aliphatic rings. The molecule has 2 N–H and O–H groups in total. The first-order valence-electron chi connectivity index (χ1n) is 14.3. The number of hydrogen-bond acceptors (Lipinski definition) is 5. The second-order valence-electron chi connectivity index (χ2n) is 11.1. The summed E-state index contributed by atoms with van der Waals surface area (Å²) in [5, 5.41) is 0.0540. The predicted octanol–water partition coefficient (Wildman–Crippen LogP) is 6.17. The van der Waals surface area contributed by atoms with Gasteiger partial charge in [-0.2, -0.15) is 4.31 Å². The number of hydrogen-bond donors (Lipinski definition) is 2. The molecular formula is C34H34ClN3O5S. The van der Waals surface area contributed by atoms with Gasteiger partial charge in [0.05, 0.1) is 15.5 Å². The minimum atomic E-state index is -3.89. The van der Waals surface area contributed by atoms with Crippen molar-refractivity contribution < 1.29 is 22.7 Å². The van der Waals surface area contributed by atoms with Gasteiger partial charge in [0.1, 0.15) is 12.4 Å². The van der Waals surface area contributed by atoms with Crippen LogP contribution in [0.15, 0.2) is 89.8 Å². The Morgan fingerprint density at radius 2 is 1.61 bits per heavy atom. The van der Waals surface area contributed by atoms with E-state index in [0.29, 0.717) is 31.1 Å². The zero-order valence-electron chi connectivity index (χ0n) is 24.8. The number of sulfonamides is 1. The number of halogens is 1. The van der Waals surface area contributed by atoms with Gasteiger partial charge in [-0.15, -0.1) is 0 Å². The highest BCUT2D eigenvalue weighted by molar-refractivity contribution is 7.89. The highest BCUT2D eigenvalue weighted by Gasteiger charge is 2.29. The zero-order chi connectivity index (χ0) is 31.4. The summed E-state index contributed by atoms with van der Waals surface area (Å²) in [6.07, 6.45) is 0.599. The lowest BCUT2D eigenvalue weighted by Crippen LogP contribution is -2.42. The van der Waals surface area contributed by atoms with Gasteiger partial charge in [-0.3, -0.25) is 20.4 Å². The molecule has 44 heavy (non-hydrogen) atoms. The molecule has 0 radical (unpaired) electrons. The number of nitrogens with zero attached hydrogens (tertiary/aromatic N) is 1. The second-order valence-corrected chi connectivity index (χ2v) is 13.4. The first-order chi connectivity index (χ1) is 21.0. The van der Waals surface area contributed by atoms with E-state index in [0.717, 1.165) is 33.6 Å². The fourth-order valence-electron chi connectivity index (χ4n) is 5.07. The Hall–Kier alpha value is -4.18. The molecule has 10 heteroatoms. The first kappa shape index (κ1) is 31.3. The Morgan fingerprint density at radius 1 is 0.909 bits per heavy atom. The highest BCUT2D eigenvalue weighted by Crippen LogP contribution is 2.29. The molecule has 0 saturated carbocycles. The summed E-state index contributed by atoms with van der Waals surface area (Å²) in [4.78, 5) is 25.7. The van der Waals surface area contributed by atoms with E-state index in [2.05, 4.69) is 36.8 Å². The molecule has 0 atom stereocenters. The molecule has 0 unspecified atom stereocenters. The average Bonchev–Trinajstić information content (AvgIpc) is 3.02. The maximum Gasteiger partial charge on any atom is 0.271 e. The van der Waals surface area contributed by atoms with Crippen LogP contribution in [-0.4, -0.2) is 31.1 Å². The van der Waals surface area contributed by atoms with Gasteiger partial charge in [0.15, 0.2) is 0 Å². The van der Waals surface area contributed by atoms with Gasteiger partial charge in [0, 0.05) is 18.7 Å². The van der Waals surface area contributed by atoms with Crippen molar-refractivity contribution in [3.8, 4) is 5.75 Å². The maximum absolute atomic E-state index is 13.4. The molecule has 0 fully saturated rings. The van der Waals surface area contributed by atoms with Crippen LogP contribution in [0.4, 0.5) is 0 Å². The number of carbonyl (C=O) groups excluding carboxylic acids is 2. The molecule has 4 aromatic rings. The van der Waals surface area contributed by atoms with Crippen LogP contribution in [-0.2, 0) is 29.6 Å².